The highest BCUT2D eigenvalue weighted by Gasteiger charge is 2.32. The average molecular weight is 418 g/mol. The molecule has 160 valence electrons. The molecule has 0 saturated carbocycles. The Labute approximate surface area is 182 Å². The Balaban J connectivity index is 1.21. The second kappa shape index (κ2) is 7.76. The molecule has 0 saturated heterocycles. The fourth-order valence-electron chi connectivity index (χ4n) is 4.41. The number of rotatable bonds is 5. The third kappa shape index (κ3) is 4.02. The number of benzene rings is 2. The molecule has 6 heteroatoms. The molecular weight excluding hydrogens is 390 g/mol. The van der Waals surface area contributed by atoms with Gasteiger partial charge in [-0.2, -0.15) is 0 Å². The number of aromatic nitrogens is 2. The van der Waals surface area contributed by atoms with Crippen LogP contribution in [0, 0.1) is 0 Å². The van der Waals surface area contributed by atoms with Crippen molar-refractivity contribution in [2.75, 3.05) is 11.9 Å². The third-order valence-electron chi connectivity index (χ3n) is 5.84. The Morgan fingerprint density at radius 3 is 2.87 bits per heavy atom. The standard InChI is InChI=1S/C25H27N3O3/c1-25(2)14-18-6-5-8-21(23(18)31-25)30-16-22(29)27-19-11-9-17(10-12-19)24-26-15-20-7-3-4-13-28(20)24/h5-6,8-12,15H,3-4,7,13-14,16H2,1-2H3,(H,27,29). The lowest BCUT2D eigenvalue weighted by molar-refractivity contribution is -0.118. The van der Waals surface area contributed by atoms with E-state index in [-0.39, 0.29) is 18.1 Å². The number of hydrogen-bond acceptors (Lipinski definition) is 4. The van der Waals surface area contributed by atoms with Gasteiger partial charge in [-0.05, 0) is 63.4 Å². The average Bonchev–Trinajstić information content (AvgIpc) is 3.32. The van der Waals surface area contributed by atoms with Gasteiger partial charge in [0, 0.05) is 41.7 Å². The number of hydrogen-bond donors (Lipinski definition) is 1. The summed E-state index contributed by atoms with van der Waals surface area (Å²) in [5.74, 6) is 2.14. The van der Waals surface area contributed by atoms with Crippen LogP contribution < -0.4 is 14.8 Å². The lowest BCUT2D eigenvalue weighted by atomic mass is 10.0. The van der Waals surface area contributed by atoms with E-state index in [1.54, 1.807) is 0 Å². The summed E-state index contributed by atoms with van der Waals surface area (Å²) in [6, 6.07) is 13.6. The Hall–Kier alpha value is -3.28. The molecule has 6 nitrogen and oxygen atoms in total. The number of para-hydroxylation sites is 1. The quantitative estimate of drug-likeness (QED) is 0.658. The summed E-state index contributed by atoms with van der Waals surface area (Å²) in [7, 11) is 0. The fraction of sp³-hybridized carbons (Fsp3) is 0.360. The van der Waals surface area contributed by atoms with Crippen LogP contribution in [0.5, 0.6) is 11.5 Å². The Bertz CT molecular complexity index is 1120. The maximum absolute atomic E-state index is 12.4. The Kier molecular flexibility index (Phi) is 4.93. The summed E-state index contributed by atoms with van der Waals surface area (Å²) in [6.07, 6.45) is 6.32. The normalized spacial score (nSPS) is 16.2. The SMILES string of the molecule is CC1(C)Cc2cccc(OCC(=O)Nc3ccc(-c4ncc5n4CCCC5)cc3)c2O1. The second-order valence-corrected chi connectivity index (χ2v) is 8.88. The van der Waals surface area contributed by atoms with E-state index in [1.165, 1.54) is 18.5 Å². The summed E-state index contributed by atoms with van der Waals surface area (Å²) in [5, 5.41) is 2.90. The predicted octanol–water partition coefficient (Wildman–Crippen LogP) is 4.62. The van der Waals surface area contributed by atoms with Crippen LogP contribution in [0.3, 0.4) is 0 Å². The zero-order chi connectivity index (χ0) is 21.4. The molecule has 31 heavy (non-hydrogen) atoms. The van der Waals surface area contributed by atoms with Crippen molar-refractivity contribution in [3.8, 4) is 22.9 Å². The van der Waals surface area contributed by atoms with Gasteiger partial charge in [-0.3, -0.25) is 4.79 Å². The lowest BCUT2D eigenvalue weighted by Gasteiger charge is -2.18. The number of amides is 1. The molecule has 0 fully saturated rings. The molecule has 2 aromatic carbocycles. The van der Waals surface area contributed by atoms with Crippen molar-refractivity contribution in [2.24, 2.45) is 0 Å². The molecule has 1 amide bonds. The van der Waals surface area contributed by atoms with Crippen molar-refractivity contribution in [3.05, 3.63) is 59.9 Å². The smallest absolute Gasteiger partial charge is 0.262 e. The van der Waals surface area contributed by atoms with E-state index < -0.39 is 0 Å². The minimum atomic E-state index is -0.250. The summed E-state index contributed by atoms with van der Waals surface area (Å²) in [5.41, 5.74) is 3.95. The molecule has 0 unspecified atom stereocenters. The number of nitrogens with zero attached hydrogens (tertiary/aromatic N) is 2. The minimum Gasteiger partial charge on any atom is -0.483 e. The van der Waals surface area contributed by atoms with Gasteiger partial charge in [-0.25, -0.2) is 4.98 Å². The van der Waals surface area contributed by atoms with Gasteiger partial charge in [-0.1, -0.05) is 12.1 Å². The number of carbonyl (C=O) groups is 1. The third-order valence-corrected chi connectivity index (χ3v) is 5.84. The van der Waals surface area contributed by atoms with Gasteiger partial charge in [0.05, 0.1) is 0 Å². The van der Waals surface area contributed by atoms with Crippen molar-refractivity contribution < 1.29 is 14.3 Å². The molecule has 0 atom stereocenters. The van der Waals surface area contributed by atoms with Crippen molar-refractivity contribution in [1.82, 2.24) is 9.55 Å². The van der Waals surface area contributed by atoms with Gasteiger partial charge >= 0.3 is 0 Å². The fourth-order valence-corrected chi connectivity index (χ4v) is 4.41. The number of imidazole rings is 1. The van der Waals surface area contributed by atoms with Crippen molar-refractivity contribution in [3.63, 3.8) is 0 Å². The molecule has 2 aliphatic rings. The monoisotopic (exact) mass is 417 g/mol. The summed E-state index contributed by atoms with van der Waals surface area (Å²) < 4.78 is 14.1. The van der Waals surface area contributed by atoms with E-state index in [4.69, 9.17) is 9.47 Å². The molecule has 3 aromatic rings. The van der Waals surface area contributed by atoms with Gasteiger partial charge in [0.25, 0.3) is 5.91 Å². The van der Waals surface area contributed by atoms with E-state index in [1.807, 2.05) is 62.5 Å². The Morgan fingerprint density at radius 2 is 2.03 bits per heavy atom. The maximum Gasteiger partial charge on any atom is 0.262 e. The topological polar surface area (TPSA) is 65.4 Å². The van der Waals surface area contributed by atoms with Gasteiger partial charge in [0.1, 0.15) is 11.4 Å². The zero-order valence-corrected chi connectivity index (χ0v) is 18.0. The lowest BCUT2D eigenvalue weighted by Crippen LogP contribution is -2.25. The molecule has 1 aromatic heterocycles. The molecule has 0 bridgehead atoms. The van der Waals surface area contributed by atoms with E-state index in [2.05, 4.69) is 14.9 Å². The largest absolute Gasteiger partial charge is 0.483 e. The van der Waals surface area contributed by atoms with Gasteiger partial charge < -0.3 is 19.4 Å². The molecule has 3 heterocycles. The maximum atomic E-state index is 12.4. The van der Waals surface area contributed by atoms with Crippen molar-refractivity contribution >= 4 is 11.6 Å². The zero-order valence-electron chi connectivity index (χ0n) is 18.0. The molecule has 2 aliphatic heterocycles. The van der Waals surface area contributed by atoms with Crippen LogP contribution in [-0.4, -0.2) is 27.7 Å². The van der Waals surface area contributed by atoms with Gasteiger partial charge in [-0.15, -0.1) is 0 Å². The predicted molar refractivity (Wildman–Crippen MR) is 120 cm³/mol. The van der Waals surface area contributed by atoms with Crippen molar-refractivity contribution in [2.45, 2.75) is 51.7 Å². The van der Waals surface area contributed by atoms with E-state index in [0.29, 0.717) is 5.75 Å². The number of aryl methyl sites for hydroxylation is 1. The van der Waals surface area contributed by atoms with E-state index >= 15 is 0 Å². The molecule has 0 spiro atoms. The number of carbonyl (C=O) groups excluding carboxylic acids is 1. The summed E-state index contributed by atoms with van der Waals surface area (Å²) in [4.78, 5) is 17.0. The van der Waals surface area contributed by atoms with Crippen LogP contribution in [0.25, 0.3) is 11.4 Å². The van der Waals surface area contributed by atoms with Crippen LogP contribution >= 0.6 is 0 Å². The van der Waals surface area contributed by atoms with Crippen LogP contribution in [0.2, 0.25) is 0 Å². The van der Waals surface area contributed by atoms with Crippen LogP contribution in [0.1, 0.15) is 37.9 Å². The van der Waals surface area contributed by atoms with Crippen LogP contribution in [0.15, 0.2) is 48.7 Å². The van der Waals surface area contributed by atoms with Gasteiger partial charge in [0.2, 0.25) is 0 Å². The molecule has 1 N–H and O–H groups in total. The Morgan fingerprint density at radius 1 is 1.19 bits per heavy atom. The minimum absolute atomic E-state index is 0.0737. The molecule has 0 radical (unpaired) electrons. The first-order valence-corrected chi connectivity index (χ1v) is 10.9. The highest BCUT2D eigenvalue weighted by molar-refractivity contribution is 5.92. The van der Waals surface area contributed by atoms with E-state index in [0.717, 1.165) is 47.8 Å². The summed E-state index contributed by atoms with van der Waals surface area (Å²) >= 11 is 0. The first kappa shape index (κ1) is 19.7. The molecule has 5 rings (SSSR count). The summed E-state index contributed by atoms with van der Waals surface area (Å²) in [6.45, 7) is 5.04. The number of nitrogens with one attached hydrogen (secondary N) is 1. The highest BCUT2D eigenvalue weighted by Crippen LogP contribution is 2.41. The first-order valence-electron chi connectivity index (χ1n) is 10.9. The number of ether oxygens (including phenoxy) is 2. The van der Waals surface area contributed by atoms with Crippen LogP contribution in [0.4, 0.5) is 5.69 Å². The van der Waals surface area contributed by atoms with Gasteiger partial charge in [0.15, 0.2) is 18.1 Å². The highest BCUT2D eigenvalue weighted by atomic mass is 16.5. The van der Waals surface area contributed by atoms with Crippen LogP contribution in [-0.2, 0) is 24.2 Å². The van der Waals surface area contributed by atoms with Crippen molar-refractivity contribution in [1.29, 1.82) is 0 Å². The van der Waals surface area contributed by atoms with E-state index in [9.17, 15) is 4.79 Å². The number of anilines is 1. The molecular formula is C25H27N3O3. The second-order valence-electron chi connectivity index (χ2n) is 8.88. The molecule has 0 aliphatic carbocycles. The number of fused-ring (bicyclic) bond motifs is 2. The first-order chi connectivity index (χ1) is 15.0.